The highest BCUT2D eigenvalue weighted by Crippen LogP contribution is 2.39. The lowest BCUT2D eigenvalue weighted by Crippen LogP contribution is -1.97. The molecule has 2 unspecified atom stereocenters. The Labute approximate surface area is 220 Å². The smallest absolute Gasteiger partial charge is 0.00428 e. The standard InChI is InChI=1S/C24H51P.C8H11P/c1-4-7-10-13-16-19-22-25(23-20-17-14-11-8-5-2)24-21-18-15-12-9-6-3;1-7(9)8-5-3-2-4-6-8/h4-24H2,1-3H3;2-7H,9H2,1H3. The molecule has 0 aliphatic rings. The van der Waals surface area contributed by atoms with E-state index >= 15 is 0 Å². The van der Waals surface area contributed by atoms with Crippen molar-refractivity contribution in [1.82, 2.24) is 0 Å². The minimum Gasteiger partial charge on any atom is -0.130 e. The molecule has 1 aromatic carbocycles. The number of hydrogen-bond acceptors (Lipinski definition) is 0. The molecule has 0 fully saturated rings. The molecule has 200 valence electrons. The van der Waals surface area contributed by atoms with Gasteiger partial charge in [-0.05, 0) is 49.0 Å². The van der Waals surface area contributed by atoms with E-state index in [1.807, 2.05) is 6.07 Å². The van der Waals surface area contributed by atoms with Gasteiger partial charge in [0, 0.05) is 0 Å². The maximum Gasteiger partial charge on any atom is -0.00428 e. The summed E-state index contributed by atoms with van der Waals surface area (Å²) in [7, 11) is 3.14. The molecule has 0 amide bonds. The summed E-state index contributed by atoms with van der Waals surface area (Å²) in [6.45, 7) is 9.13. The Kier molecular flexibility index (Phi) is 27.7. The van der Waals surface area contributed by atoms with Gasteiger partial charge in [-0.3, -0.25) is 0 Å². The van der Waals surface area contributed by atoms with Crippen molar-refractivity contribution in [3.8, 4) is 0 Å². The molecule has 1 aromatic rings. The first-order chi connectivity index (χ1) is 16.7. The van der Waals surface area contributed by atoms with Crippen LogP contribution in [0.2, 0.25) is 0 Å². The van der Waals surface area contributed by atoms with Gasteiger partial charge >= 0.3 is 0 Å². The van der Waals surface area contributed by atoms with Crippen molar-refractivity contribution < 1.29 is 0 Å². The van der Waals surface area contributed by atoms with E-state index < -0.39 is 0 Å². The van der Waals surface area contributed by atoms with E-state index in [4.69, 9.17) is 0 Å². The SMILES string of the molecule is CC(P)c1ccccc1.CCCCCCCCP(CCCCCCCC)CCCCCCCC. The molecule has 0 saturated carbocycles. The van der Waals surface area contributed by atoms with Gasteiger partial charge in [0.05, 0.1) is 0 Å². The molecule has 0 aromatic heterocycles. The second-order valence-corrected chi connectivity index (χ2v) is 14.0. The first-order valence-electron chi connectivity index (χ1n) is 15.2. The lowest BCUT2D eigenvalue weighted by atomic mass is 10.1. The summed E-state index contributed by atoms with van der Waals surface area (Å²) in [6, 6.07) is 10.4. The number of unbranched alkanes of at least 4 members (excludes halogenated alkanes) is 15. The highest BCUT2D eigenvalue weighted by molar-refractivity contribution is 7.57. The predicted octanol–water partition coefficient (Wildman–Crippen LogP) is 12.2. The summed E-state index contributed by atoms with van der Waals surface area (Å²) in [5.41, 5.74) is 1.95. The first kappa shape index (κ1) is 34.1. The third-order valence-corrected chi connectivity index (χ3v) is 10.0. The summed E-state index contributed by atoms with van der Waals surface area (Å²) >= 11 is 0. The van der Waals surface area contributed by atoms with E-state index in [1.54, 1.807) is 18.5 Å². The van der Waals surface area contributed by atoms with Crippen LogP contribution in [0.25, 0.3) is 0 Å². The van der Waals surface area contributed by atoms with Crippen molar-refractivity contribution in [1.29, 1.82) is 0 Å². The molecular weight excluding hydrogens is 446 g/mol. The lowest BCUT2D eigenvalue weighted by molar-refractivity contribution is 0.617. The average molecular weight is 509 g/mol. The van der Waals surface area contributed by atoms with Crippen LogP contribution in [-0.2, 0) is 0 Å². The van der Waals surface area contributed by atoms with E-state index in [2.05, 4.69) is 61.2 Å². The fourth-order valence-electron chi connectivity index (χ4n) is 4.44. The second-order valence-electron chi connectivity index (χ2n) is 10.3. The number of rotatable bonds is 22. The molecule has 0 bridgehead atoms. The van der Waals surface area contributed by atoms with Gasteiger partial charge in [0.1, 0.15) is 0 Å². The zero-order valence-corrected chi connectivity index (χ0v) is 25.9. The van der Waals surface area contributed by atoms with Gasteiger partial charge in [-0.15, -0.1) is 17.2 Å². The van der Waals surface area contributed by atoms with Crippen molar-refractivity contribution in [3.05, 3.63) is 35.9 Å². The van der Waals surface area contributed by atoms with Crippen LogP contribution in [0, 0.1) is 0 Å². The fourth-order valence-corrected chi connectivity index (χ4v) is 7.34. The van der Waals surface area contributed by atoms with Gasteiger partial charge in [0.25, 0.3) is 0 Å². The van der Waals surface area contributed by atoms with E-state index in [9.17, 15) is 0 Å². The molecule has 0 saturated heterocycles. The van der Waals surface area contributed by atoms with Crippen molar-refractivity contribution in [2.24, 2.45) is 0 Å². The zero-order chi connectivity index (χ0) is 25.1. The van der Waals surface area contributed by atoms with Gasteiger partial charge < -0.3 is 0 Å². The molecule has 0 radical (unpaired) electrons. The first-order valence-corrected chi connectivity index (χ1v) is 17.7. The van der Waals surface area contributed by atoms with Crippen LogP contribution in [-0.4, -0.2) is 18.5 Å². The molecule has 0 heterocycles. The molecule has 0 spiro atoms. The Hall–Kier alpha value is 0.0800. The lowest BCUT2D eigenvalue weighted by Gasteiger charge is -2.18. The minimum absolute atomic E-state index is 0.366. The zero-order valence-electron chi connectivity index (χ0n) is 23.8. The van der Waals surface area contributed by atoms with Crippen LogP contribution in [0.5, 0.6) is 0 Å². The van der Waals surface area contributed by atoms with E-state index in [1.165, 1.54) is 121 Å². The number of hydrogen-bond donors (Lipinski definition) is 0. The van der Waals surface area contributed by atoms with E-state index in [0.29, 0.717) is 13.6 Å². The maximum absolute atomic E-state index is 2.77. The largest absolute Gasteiger partial charge is 0.130 e. The molecule has 1 rings (SSSR count). The molecule has 2 heteroatoms. The number of benzene rings is 1. The summed E-state index contributed by atoms with van der Waals surface area (Å²) in [5, 5.41) is 0. The summed E-state index contributed by atoms with van der Waals surface area (Å²) in [4.78, 5) is 0. The average Bonchev–Trinajstić information content (AvgIpc) is 2.86. The van der Waals surface area contributed by atoms with Crippen molar-refractivity contribution in [2.75, 3.05) is 18.5 Å². The monoisotopic (exact) mass is 508 g/mol. The fraction of sp³-hybridized carbons (Fsp3) is 0.812. The topological polar surface area (TPSA) is 0 Å². The Morgan fingerprint density at radius 3 is 1.15 bits per heavy atom. The highest BCUT2D eigenvalue weighted by atomic mass is 31.1. The van der Waals surface area contributed by atoms with Gasteiger partial charge in [-0.2, -0.15) is 0 Å². The van der Waals surface area contributed by atoms with Crippen molar-refractivity contribution >= 4 is 17.2 Å². The van der Waals surface area contributed by atoms with Crippen molar-refractivity contribution in [2.45, 2.75) is 149 Å². The predicted molar refractivity (Wildman–Crippen MR) is 166 cm³/mol. The summed E-state index contributed by atoms with van der Waals surface area (Å²) in [5.74, 6) is 0. The molecule has 0 N–H and O–H groups in total. The van der Waals surface area contributed by atoms with Crippen LogP contribution in [0.1, 0.15) is 154 Å². The molecule has 0 nitrogen and oxygen atoms in total. The van der Waals surface area contributed by atoms with E-state index in [-0.39, 0.29) is 0 Å². The van der Waals surface area contributed by atoms with E-state index in [0.717, 1.165) is 0 Å². The maximum atomic E-state index is 2.77. The third kappa shape index (κ3) is 23.8. The molecular formula is C32H62P2. The van der Waals surface area contributed by atoms with Gasteiger partial charge in [-0.1, -0.05) is 154 Å². The van der Waals surface area contributed by atoms with Gasteiger partial charge in [-0.25, -0.2) is 0 Å². The molecule has 2 atom stereocenters. The third-order valence-electron chi connectivity index (χ3n) is 6.81. The Morgan fingerprint density at radius 1 is 0.529 bits per heavy atom. The highest BCUT2D eigenvalue weighted by Gasteiger charge is 2.08. The van der Waals surface area contributed by atoms with Gasteiger partial charge in [0.15, 0.2) is 0 Å². The van der Waals surface area contributed by atoms with Crippen LogP contribution >= 0.6 is 17.2 Å². The Bertz CT molecular complexity index is 447. The van der Waals surface area contributed by atoms with Crippen LogP contribution in [0.4, 0.5) is 0 Å². The molecule has 0 aliphatic heterocycles. The molecule has 0 aliphatic carbocycles. The van der Waals surface area contributed by atoms with Crippen LogP contribution in [0.15, 0.2) is 30.3 Å². The van der Waals surface area contributed by atoms with Crippen LogP contribution < -0.4 is 0 Å². The summed E-state index contributed by atoms with van der Waals surface area (Å²) in [6.07, 6.45) is 31.2. The Morgan fingerprint density at radius 2 is 0.853 bits per heavy atom. The Balaban J connectivity index is 0.000000999. The second kappa shape index (κ2) is 27.7. The van der Waals surface area contributed by atoms with Gasteiger partial charge in [0.2, 0.25) is 0 Å². The quantitative estimate of drug-likeness (QED) is 0.108. The minimum atomic E-state index is 0.366. The normalized spacial score (nSPS) is 11.9. The van der Waals surface area contributed by atoms with Crippen LogP contribution in [0.3, 0.4) is 0 Å². The summed E-state index contributed by atoms with van der Waals surface area (Å²) < 4.78 is 0. The van der Waals surface area contributed by atoms with Crippen molar-refractivity contribution in [3.63, 3.8) is 0 Å². The molecule has 34 heavy (non-hydrogen) atoms.